The zero-order chi connectivity index (χ0) is 61.6. The number of carbonyl (C=O) groups excluding carboxylic acids is 2. The van der Waals surface area contributed by atoms with Gasteiger partial charge in [-0.25, -0.2) is 4.57 Å². The molecule has 508 valence electrons. The van der Waals surface area contributed by atoms with E-state index in [0.717, 1.165) is 32.1 Å². The predicted octanol–water partition coefficient (Wildman–Crippen LogP) is 25.3. The average molecular weight is 1220 g/mol. The molecule has 3 N–H and O–H groups in total. The highest BCUT2D eigenvalue weighted by atomic mass is 31.2. The summed E-state index contributed by atoms with van der Waals surface area (Å²) in [5.41, 5.74) is 5.41. The first-order valence-electron chi connectivity index (χ1n) is 38.5. The first-order valence-corrected chi connectivity index (χ1v) is 40.0. The third kappa shape index (κ3) is 72.0. The molecule has 0 aromatic carbocycles. The van der Waals surface area contributed by atoms with Gasteiger partial charge < -0.3 is 20.1 Å². The number of nitrogens with two attached hydrogens (primary N) is 1. The Morgan fingerprint density at radius 3 is 0.718 bits per heavy atom. The maximum atomic E-state index is 12.8. The first kappa shape index (κ1) is 84.0. The molecule has 0 aliphatic heterocycles. The monoisotopic (exact) mass is 1220 g/mol. The highest BCUT2D eigenvalue weighted by molar-refractivity contribution is 7.47. The molecule has 0 saturated heterocycles. The molecule has 9 nitrogen and oxygen atoms in total. The van der Waals surface area contributed by atoms with Crippen LogP contribution in [0.2, 0.25) is 0 Å². The number of unbranched alkanes of at least 4 members (excludes halogenated alkanes) is 62. The molecule has 0 amide bonds. The van der Waals surface area contributed by atoms with Gasteiger partial charge in [0, 0.05) is 19.4 Å². The van der Waals surface area contributed by atoms with Gasteiger partial charge in [-0.05, 0) is 12.8 Å². The molecule has 0 spiro atoms. The van der Waals surface area contributed by atoms with Gasteiger partial charge in [-0.3, -0.25) is 18.6 Å². The van der Waals surface area contributed by atoms with Gasteiger partial charge in [0.15, 0.2) is 6.10 Å². The lowest BCUT2D eigenvalue weighted by molar-refractivity contribution is -0.161. The molecule has 0 rings (SSSR count). The summed E-state index contributed by atoms with van der Waals surface area (Å²) in [5.74, 6) is -0.795. The lowest BCUT2D eigenvalue weighted by atomic mass is 10.0. The minimum Gasteiger partial charge on any atom is -0.462 e. The second-order valence-electron chi connectivity index (χ2n) is 26.6. The molecule has 0 aliphatic rings. The van der Waals surface area contributed by atoms with Crippen LogP contribution in [-0.4, -0.2) is 49.3 Å². The lowest BCUT2D eigenvalue weighted by Gasteiger charge is -2.19. The van der Waals surface area contributed by atoms with Crippen molar-refractivity contribution in [2.24, 2.45) is 5.73 Å². The SMILES string of the molecule is CCCCCCCCCCCCCCCCCCCCCCCCCCCCCCCCCCCCCC(=O)OC(COC(=O)CCCCCCCCCCCCCCCCCCCCCCCCCCCCCCC)COP(=O)(O)OCCN. The molecule has 0 aliphatic carbocycles. The van der Waals surface area contributed by atoms with E-state index < -0.39 is 26.5 Å². The van der Waals surface area contributed by atoms with E-state index in [1.807, 2.05) is 0 Å². The quantitative estimate of drug-likeness (QED) is 0.0347. The predicted molar refractivity (Wildman–Crippen MR) is 368 cm³/mol. The number of ether oxygens (including phenoxy) is 2. The van der Waals surface area contributed by atoms with Crippen molar-refractivity contribution in [3.05, 3.63) is 0 Å². The van der Waals surface area contributed by atoms with Gasteiger partial charge in [0.05, 0.1) is 13.2 Å². The van der Waals surface area contributed by atoms with Gasteiger partial charge >= 0.3 is 19.8 Å². The fraction of sp³-hybridized carbons (Fsp3) is 0.973. The maximum absolute atomic E-state index is 12.8. The molecule has 0 heterocycles. The number of carbonyl (C=O) groups is 2. The Morgan fingerprint density at radius 2 is 0.506 bits per heavy atom. The number of hydrogen-bond donors (Lipinski definition) is 2. The Kier molecular flexibility index (Phi) is 71.2. The van der Waals surface area contributed by atoms with E-state index >= 15 is 0 Å². The van der Waals surface area contributed by atoms with E-state index in [1.165, 1.54) is 372 Å². The summed E-state index contributed by atoms with van der Waals surface area (Å²) < 4.78 is 33.3. The Morgan fingerprint density at radius 1 is 0.306 bits per heavy atom. The van der Waals surface area contributed by atoms with Crippen molar-refractivity contribution in [3.8, 4) is 0 Å². The first-order chi connectivity index (χ1) is 41.8. The average Bonchev–Trinajstić information content (AvgIpc) is 3.52. The minimum atomic E-state index is -4.39. The van der Waals surface area contributed by atoms with Gasteiger partial charge in [0.25, 0.3) is 0 Å². The molecule has 2 atom stereocenters. The Labute approximate surface area is 530 Å². The van der Waals surface area contributed by atoms with E-state index in [0.29, 0.717) is 12.8 Å². The van der Waals surface area contributed by atoms with Crippen molar-refractivity contribution >= 4 is 19.8 Å². The van der Waals surface area contributed by atoms with Crippen molar-refractivity contribution in [2.75, 3.05) is 26.4 Å². The number of rotatable bonds is 75. The molecular weight excluding hydrogens is 1070 g/mol. The van der Waals surface area contributed by atoms with Crippen molar-refractivity contribution in [3.63, 3.8) is 0 Å². The van der Waals surface area contributed by atoms with Crippen LogP contribution < -0.4 is 5.73 Å². The number of phosphoric ester groups is 1. The molecule has 2 unspecified atom stereocenters. The third-order valence-corrected chi connectivity index (χ3v) is 19.0. The number of esters is 2. The maximum Gasteiger partial charge on any atom is 0.472 e. The van der Waals surface area contributed by atoms with Crippen LogP contribution >= 0.6 is 7.82 Å². The molecular formula is C75H150NO8P. The summed E-state index contributed by atoms with van der Waals surface area (Å²) in [5, 5.41) is 0. The zero-order valence-electron chi connectivity index (χ0n) is 57.4. The summed E-state index contributed by atoms with van der Waals surface area (Å²) in [6.45, 7) is 3.86. The summed E-state index contributed by atoms with van der Waals surface area (Å²) in [7, 11) is -4.39. The second-order valence-corrected chi connectivity index (χ2v) is 28.1. The van der Waals surface area contributed by atoms with Gasteiger partial charge in [-0.1, -0.05) is 412 Å². The van der Waals surface area contributed by atoms with Crippen LogP contribution in [0.5, 0.6) is 0 Å². The van der Waals surface area contributed by atoms with E-state index in [9.17, 15) is 19.0 Å². The highest BCUT2D eigenvalue weighted by Crippen LogP contribution is 2.43. The van der Waals surface area contributed by atoms with E-state index in [2.05, 4.69) is 13.8 Å². The van der Waals surface area contributed by atoms with Crippen molar-refractivity contribution in [2.45, 2.75) is 444 Å². The van der Waals surface area contributed by atoms with Crippen molar-refractivity contribution < 1.29 is 37.6 Å². The van der Waals surface area contributed by atoms with Gasteiger partial charge in [0.2, 0.25) is 0 Å². The third-order valence-electron chi connectivity index (χ3n) is 18.0. The van der Waals surface area contributed by atoms with Crippen molar-refractivity contribution in [1.82, 2.24) is 0 Å². The smallest absolute Gasteiger partial charge is 0.462 e. The molecule has 0 saturated carbocycles. The van der Waals surface area contributed by atoms with E-state index in [4.69, 9.17) is 24.3 Å². The summed E-state index contributed by atoms with van der Waals surface area (Å²) in [6.07, 6.45) is 86.7. The zero-order valence-corrected chi connectivity index (χ0v) is 58.3. The van der Waals surface area contributed by atoms with Crippen LogP contribution in [-0.2, 0) is 32.7 Å². The van der Waals surface area contributed by atoms with E-state index in [-0.39, 0.29) is 32.1 Å². The fourth-order valence-electron chi connectivity index (χ4n) is 12.3. The molecule has 10 heteroatoms. The molecule has 0 radical (unpaired) electrons. The van der Waals surface area contributed by atoms with Crippen LogP contribution in [0, 0.1) is 0 Å². The standard InChI is InChI=1S/C75H150NO8P/c1-3-5-7-9-11-13-15-17-19-21-23-25-27-29-31-33-34-35-36-37-38-40-42-44-46-48-50-52-54-56-58-60-62-64-66-68-75(78)84-73(72-83-85(79,80)82-70-69-76)71-81-74(77)67-65-63-61-59-57-55-53-51-49-47-45-43-41-39-32-30-28-26-24-22-20-18-16-14-12-10-8-6-4-2/h73H,3-72,76H2,1-2H3,(H,79,80). The Hall–Kier alpha value is -0.990. The molecule has 0 bridgehead atoms. The normalized spacial score (nSPS) is 12.8. The molecule has 0 aromatic rings. The van der Waals surface area contributed by atoms with E-state index in [1.54, 1.807) is 0 Å². The van der Waals surface area contributed by atoms with Crippen LogP contribution in [0.4, 0.5) is 0 Å². The van der Waals surface area contributed by atoms with Gasteiger partial charge in [0.1, 0.15) is 6.61 Å². The molecule has 0 aromatic heterocycles. The summed E-state index contributed by atoms with van der Waals surface area (Å²) >= 11 is 0. The van der Waals surface area contributed by atoms with Crippen LogP contribution in [0.15, 0.2) is 0 Å². The fourth-order valence-corrected chi connectivity index (χ4v) is 13.1. The number of phosphoric acid groups is 1. The molecule has 0 fully saturated rings. The van der Waals surface area contributed by atoms with Gasteiger partial charge in [-0.2, -0.15) is 0 Å². The second kappa shape index (κ2) is 72.1. The van der Waals surface area contributed by atoms with Crippen LogP contribution in [0.3, 0.4) is 0 Å². The summed E-state index contributed by atoms with van der Waals surface area (Å²) in [4.78, 5) is 35.4. The minimum absolute atomic E-state index is 0.0589. The van der Waals surface area contributed by atoms with Gasteiger partial charge in [-0.15, -0.1) is 0 Å². The van der Waals surface area contributed by atoms with Crippen LogP contribution in [0.1, 0.15) is 438 Å². The largest absolute Gasteiger partial charge is 0.472 e. The molecule has 85 heavy (non-hydrogen) atoms. The number of hydrogen-bond acceptors (Lipinski definition) is 8. The Balaban J connectivity index is 3.74. The lowest BCUT2D eigenvalue weighted by Crippen LogP contribution is -2.29. The Bertz CT molecular complexity index is 1350. The van der Waals surface area contributed by atoms with Crippen LogP contribution in [0.25, 0.3) is 0 Å². The summed E-state index contributed by atoms with van der Waals surface area (Å²) in [6, 6.07) is 0. The highest BCUT2D eigenvalue weighted by Gasteiger charge is 2.26. The topological polar surface area (TPSA) is 134 Å². The van der Waals surface area contributed by atoms with Crippen molar-refractivity contribution in [1.29, 1.82) is 0 Å².